The molecule has 0 aromatic heterocycles. The number of nitrogens with two attached hydrogens (primary N) is 2. The number of aliphatic imine (C=N–C) groups is 1. The van der Waals surface area contributed by atoms with E-state index in [1.54, 1.807) is 23.1 Å². The average Bonchev–Trinajstić information content (AvgIpc) is 2.83. The van der Waals surface area contributed by atoms with Gasteiger partial charge in [0, 0.05) is 68.8 Å². The fraction of sp³-hybridized carbons (Fsp3) is 0.538. The molecule has 1 saturated heterocycles. The van der Waals surface area contributed by atoms with Gasteiger partial charge in [0.2, 0.25) is 15.9 Å². The van der Waals surface area contributed by atoms with Crippen LogP contribution in [0.1, 0.15) is 33.6 Å². The second kappa shape index (κ2) is 11.7. The fourth-order valence-corrected chi connectivity index (χ4v) is 6.14. The van der Waals surface area contributed by atoms with Crippen LogP contribution in [0.15, 0.2) is 46.3 Å². The van der Waals surface area contributed by atoms with E-state index in [0.717, 1.165) is 24.2 Å². The Morgan fingerprint density at radius 1 is 1.05 bits per heavy atom. The van der Waals surface area contributed by atoms with E-state index in [2.05, 4.69) is 35.4 Å². The molecule has 2 aromatic rings. The quantitative estimate of drug-likeness (QED) is 0.254. The van der Waals surface area contributed by atoms with Crippen molar-refractivity contribution >= 4 is 38.3 Å². The Balaban J connectivity index is 1.87. The molecule has 0 spiro atoms. The molecule has 204 valence electrons. The summed E-state index contributed by atoms with van der Waals surface area (Å²) in [5.74, 6) is -0.259. The molecule has 1 fully saturated rings. The average molecular weight is 532 g/mol. The number of nitrogens with one attached hydrogen (secondary N) is 1. The molecule has 1 aliphatic rings. The number of guanidine groups is 1. The summed E-state index contributed by atoms with van der Waals surface area (Å²) >= 11 is 0. The summed E-state index contributed by atoms with van der Waals surface area (Å²) in [7, 11) is -0.180. The van der Waals surface area contributed by atoms with E-state index in [0.29, 0.717) is 31.4 Å². The van der Waals surface area contributed by atoms with Crippen molar-refractivity contribution in [3.8, 4) is 0 Å². The number of carbonyl (C=O) groups is 1. The Morgan fingerprint density at radius 3 is 2.27 bits per heavy atom. The topological polar surface area (TPSA) is 137 Å². The minimum atomic E-state index is -4.01. The Hall–Kier alpha value is -2.89. The number of sulfonamides is 1. The van der Waals surface area contributed by atoms with Crippen LogP contribution in [0.25, 0.3) is 10.8 Å². The number of amides is 1. The Morgan fingerprint density at radius 2 is 1.68 bits per heavy atom. The molecule has 1 amide bonds. The molecular weight excluding hydrogens is 490 g/mol. The number of fused-ring (bicyclic) bond motifs is 1. The van der Waals surface area contributed by atoms with E-state index in [1.165, 1.54) is 0 Å². The molecule has 0 saturated carbocycles. The van der Waals surface area contributed by atoms with E-state index >= 15 is 0 Å². The van der Waals surface area contributed by atoms with Gasteiger partial charge in [-0.2, -0.15) is 4.72 Å². The number of hydrogen-bond donors (Lipinski definition) is 3. The van der Waals surface area contributed by atoms with Crippen LogP contribution in [0.3, 0.4) is 0 Å². The lowest BCUT2D eigenvalue weighted by Gasteiger charge is -2.43. The lowest BCUT2D eigenvalue weighted by Crippen LogP contribution is -2.58. The Kier molecular flexibility index (Phi) is 9.04. The molecule has 10 nitrogen and oxygen atoms in total. The van der Waals surface area contributed by atoms with Crippen LogP contribution in [0, 0.1) is 0 Å². The highest BCUT2D eigenvalue weighted by Gasteiger charge is 2.33. The minimum Gasteiger partial charge on any atom is -0.377 e. The first-order valence-corrected chi connectivity index (χ1v) is 14.1. The largest absolute Gasteiger partial charge is 0.377 e. The van der Waals surface area contributed by atoms with Crippen LogP contribution >= 0.6 is 0 Å². The van der Waals surface area contributed by atoms with Crippen molar-refractivity contribution in [2.45, 2.75) is 50.1 Å². The number of benzene rings is 2. The van der Waals surface area contributed by atoms with E-state index in [-0.39, 0.29) is 28.7 Å². The highest BCUT2D eigenvalue weighted by atomic mass is 32.2. The molecule has 3 rings (SSSR count). The van der Waals surface area contributed by atoms with Crippen LogP contribution in [-0.4, -0.2) is 88.5 Å². The van der Waals surface area contributed by atoms with Gasteiger partial charge in [0.1, 0.15) is 6.04 Å². The van der Waals surface area contributed by atoms with Crippen molar-refractivity contribution in [2.24, 2.45) is 16.5 Å². The summed E-state index contributed by atoms with van der Waals surface area (Å²) in [6, 6.07) is 9.85. The van der Waals surface area contributed by atoms with Gasteiger partial charge in [-0.3, -0.25) is 14.7 Å². The van der Waals surface area contributed by atoms with Gasteiger partial charge in [0.05, 0.1) is 4.90 Å². The molecule has 37 heavy (non-hydrogen) atoms. The normalized spacial score (nSPS) is 16.0. The molecule has 2 aromatic carbocycles. The maximum atomic E-state index is 13.7. The number of rotatable bonds is 9. The summed E-state index contributed by atoms with van der Waals surface area (Å²) in [5.41, 5.74) is 11.8. The third kappa shape index (κ3) is 7.12. The molecule has 5 N–H and O–H groups in total. The standard InChI is InChI=1S/C26H41N7O3S/c1-26(2,3)33-17-15-32(16-18-33)24(34)21(11-8-14-29-25(27)28)30-37(35,36)23-13-7-9-19-20(23)10-6-12-22(19)31(4)5/h6-7,9-10,12-13,21,30H,8,11,14-18H2,1-5H3,(H4,27,28,29). The van der Waals surface area contributed by atoms with Gasteiger partial charge in [0.15, 0.2) is 5.96 Å². The number of carbonyl (C=O) groups excluding carboxylic acids is 1. The Bertz CT molecular complexity index is 1230. The van der Waals surface area contributed by atoms with Crippen molar-refractivity contribution in [1.29, 1.82) is 0 Å². The number of hydrogen-bond acceptors (Lipinski definition) is 6. The molecule has 0 radical (unpaired) electrons. The SMILES string of the molecule is CN(C)c1cccc2c(S(=O)(=O)NC(CCCN=C(N)N)C(=O)N3CCN(C(C)(C)C)CC3)cccc12. The maximum absolute atomic E-state index is 13.7. The highest BCUT2D eigenvalue weighted by Crippen LogP contribution is 2.30. The minimum absolute atomic E-state index is 0.00998. The number of anilines is 1. The van der Waals surface area contributed by atoms with Gasteiger partial charge >= 0.3 is 0 Å². The van der Waals surface area contributed by atoms with Crippen molar-refractivity contribution in [1.82, 2.24) is 14.5 Å². The third-order valence-electron chi connectivity index (χ3n) is 6.71. The molecule has 1 unspecified atom stereocenters. The van der Waals surface area contributed by atoms with Crippen LogP contribution in [0.2, 0.25) is 0 Å². The summed E-state index contributed by atoms with van der Waals surface area (Å²) in [5, 5.41) is 1.43. The maximum Gasteiger partial charge on any atom is 0.241 e. The molecule has 1 aliphatic heterocycles. The predicted octanol–water partition coefficient (Wildman–Crippen LogP) is 1.55. The molecule has 1 atom stereocenters. The van der Waals surface area contributed by atoms with Crippen molar-refractivity contribution < 1.29 is 13.2 Å². The first kappa shape index (κ1) is 28.7. The first-order valence-electron chi connectivity index (χ1n) is 12.6. The first-order chi connectivity index (χ1) is 17.3. The zero-order chi connectivity index (χ0) is 27.4. The zero-order valence-electron chi connectivity index (χ0n) is 22.6. The second-order valence-electron chi connectivity index (χ2n) is 10.6. The van der Waals surface area contributed by atoms with Gasteiger partial charge in [-0.05, 0) is 45.7 Å². The van der Waals surface area contributed by atoms with Crippen molar-refractivity contribution in [3.05, 3.63) is 36.4 Å². The summed E-state index contributed by atoms with van der Waals surface area (Å²) in [4.78, 5) is 23.7. The predicted molar refractivity (Wildman–Crippen MR) is 150 cm³/mol. The van der Waals surface area contributed by atoms with Gasteiger partial charge in [-0.15, -0.1) is 0 Å². The Labute approximate surface area is 220 Å². The highest BCUT2D eigenvalue weighted by molar-refractivity contribution is 7.89. The van der Waals surface area contributed by atoms with Crippen molar-refractivity contribution in [2.75, 3.05) is 51.7 Å². The summed E-state index contributed by atoms with van der Waals surface area (Å²) in [6.45, 7) is 9.32. The lowest BCUT2D eigenvalue weighted by molar-refractivity contribution is -0.135. The van der Waals surface area contributed by atoms with Crippen LogP contribution < -0.4 is 21.1 Å². The number of piperazine rings is 1. The molecule has 0 aliphatic carbocycles. The van der Waals surface area contributed by atoms with E-state index in [1.807, 2.05) is 37.2 Å². The van der Waals surface area contributed by atoms with Gasteiger partial charge in [-0.1, -0.05) is 24.3 Å². The summed E-state index contributed by atoms with van der Waals surface area (Å²) < 4.78 is 30.1. The van der Waals surface area contributed by atoms with E-state index in [9.17, 15) is 13.2 Å². The second-order valence-corrected chi connectivity index (χ2v) is 12.3. The van der Waals surface area contributed by atoms with Gasteiger partial charge in [0.25, 0.3) is 0 Å². The monoisotopic (exact) mass is 531 g/mol. The van der Waals surface area contributed by atoms with E-state index in [4.69, 9.17) is 11.5 Å². The molecule has 1 heterocycles. The molecule has 0 bridgehead atoms. The lowest BCUT2D eigenvalue weighted by atomic mass is 10.0. The summed E-state index contributed by atoms with van der Waals surface area (Å²) in [6.07, 6.45) is 0.737. The smallest absolute Gasteiger partial charge is 0.241 e. The van der Waals surface area contributed by atoms with Gasteiger partial charge in [-0.25, -0.2) is 8.42 Å². The van der Waals surface area contributed by atoms with Gasteiger partial charge < -0.3 is 21.3 Å². The van der Waals surface area contributed by atoms with Crippen molar-refractivity contribution in [3.63, 3.8) is 0 Å². The fourth-order valence-electron chi connectivity index (χ4n) is 4.69. The zero-order valence-corrected chi connectivity index (χ0v) is 23.4. The van der Waals surface area contributed by atoms with Crippen LogP contribution in [-0.2, 0) is 14.8 Å². The third-order valence-corrected chi connectivity index (χ3v) is 8.24. The van der Waals surface area contributed by atoms with Crippen LogP contribution in [0.5, 0.6) is 0 Å². The van der Waals surface area contributed by atoms with E-state index < -0.39 is 16.1 Å². The molecule has 11 heteroatoms. The number of nitrogens with zero attached hydrogens (tertiary/aromatic N) is 4. The molecular formula is C26H41N7O3S. The van der Waals surface area contributed by atoms with Crippen LogP contribution in [0.4, 0.5) is 5.69 Å².